The van der Waals surface area contributed by atoms with Crippen LogP contribution in [-0.2, 0) is 15.6 Å². The van der Waals surface area contributed by atoms with Crippen molar-refractivity contribution in [3.8, 4) is 11.5 Å². The van der Waals surface area contributed by atoms with Crippen molar-refractivity contribution in [3.05, 3.63) is 23.3 Å². The summed E-state index contributed by atoms with van der Waals surface area (Å²) in [5.74, 6) is -0.178. The number of ether oxygens (including phenoxy) is 1. The summed E-state index contributed by atoms with van der Waals surface area (Å²) in [4.78, 5) is 11.7. The molecular formula is C16H22O4. The average molecular weight is 278 g/mol. The highest BCUT2D eigenvalue weighted by Gasteiger charge is 2.48. The van der Waals surface area contributed by atoms with Gasteiger partial charge < -0.3 is 14.9 Å². The molecule has 1 aliphatic carbocycles. The molecule has 20 heavy (non-hydrogen) atoms. The van der Waals surface area contributed by atoms with Crippen LogP contribution in [0.2, 0.25) is 0 Å². The highest BCUT2D eigenvalue weighted by atomic mass is 16.5. The maximum atomic E-state index is 11.7. The van der Waals surface area contributed by atoms with Crippen LogP contribution in [0.5, 0.6) is 11.5 Å². The van der Waals surface area contributed by atoms with Crippen molar-refractivity contribution in [1.29, 1.82) is 0 Å². The van der Waals surface area contributed by atoms with Crippen LogP contribution in [-0.4, -0.2) is 23.3 Å². The SMILES string of the molecule is COc1cc(C(C)(C)C)c(O)c(C2(C(=O)O)CCC2)c1. The molecule has 2 rings (SSSR count). The molecule has 4 nitrogen and oxygen atoms in total. The minimum atomic E-state index is -0.960. The third-order valence-electron chi connectivity index (χ3n) is 4.26. The lowest BCUT2D eigenvalue weighted by Crippen LogP contribution is -2.42. The first-order valence-corrected chi connectivity index (χ1v) is 6.88. The highest BCUT2D eigenvalue weighted by Crippen LogP contribution is 2.50. The fourth-order valence-corrected chi connectivity index (χ4v) is 2.79. The van der Waals surface area contributed by atoms with Crippen LogP contribution in [0.4, 0.5) is 0 Å². The van der Waals surface area contributed by atoms with Crippen LogP contribution in [0, 0.1) is 0 Å². The van der Waals surface area contributed by atoms with Crippen LogP contribution in [0.15, 0.2) is 12.1 Å². The summed E-state index contributed by atoms with van der Waals surface area (Å²) >= 11 is 0. The van der Waals surface area contributed by atoms with Gasteiger partial charge in [0, 0.05) is 11.1 Å². The second-order valence-electron chi connectivity index (χ2n) is 6.56. The minimum Gasteiger partial charge on any atom is -0.507 e. The molecular weight excluding hydrogens is 256 g/mol. The molecule has 0 amide bonds. The summed E-state index contributed by atoms with van der Waals surface area (Å²) in [6.07, 6.45) is 1.99. The average Bonchev–Trinajstić information content (AvgIpc) is 2.27. The zero-order valence-electron chi connectivity index (χ0n) is 12.5. The molecule has 0 aromatic heterocycles. The summed E-state index contributed by atoms with van der Waals surface area (Å²) in [6, 6.07) is 3.45. The number of aromatic hydroxyl groups is 1. The van der Waals surface area contributed by atoms with Gasteiger partial charge in [0.25, 0.3) is 0 Å². The van der Waals surface area contributed by atoms with E-state index >= 15 is 0 Å². The Labute approximate surface area is 119 Å². The van der Waals surface area contributed by atoms with E-state index in [-0.39, 0.29) is 11.2 Å². The van der Waals surface area contributed by atoms with E-state index in [4.69, 9.17) is 4.74 Å². The van der Waals surface area contributed by atoms with Crippen LogP contribution in [0.3, 0.4) is 0 Å². The summed E-state index contributed by atoms with van der Waals surface area (Å²) in [6.45, 7) is 5.96. The lowest BCUT2D eigenvalue weighted by Gasteiger charge is -2.39. The maximum absolute atomic E-state index is 11.7. The van der Waals surface area contributed by atoms with Gasteiger partial charge in [0.15, 0.2) is 0 Å². The Morgan fingerprint density at radius 2 is 1.90 bits per heavy atom. The topological polar surface area (TPSA) is 66.8 Å². The highest BCUT2D eigenvalue weighted by molar-refractivity contribution is 5.84. The second kappa shape index (κ2) is 4.69. The molecule has 1 aromatic carbocycles. The van der Waals surface area contributed by atoms with Crippen molar-refractivity contribution in [2.75, 3.05) is 7.11 Å². The Morgan fingerprint density at radius 3 is 2.25 bits per heavy atom. The number of carboxylic acid groups (broad SMARTS) is 1. The quantitative estimate of drug-likeness (QED) is 0.891. The molecule has 2 N–H and O–H groups in total. The Kier molecular flexibility index (Phi) is 3.44. The number of methoxy groups -OCH3 is 1. The maximum Gasteiger partial charge on any atom is 0.314 e. The number of carboxylic acids is 1. The van der Waals surface area contributed by atoms with Gasteiger partial charge in [-0.2, -0.15) is 0 Å². The van der Waals surface area contributed by atoms with Crippen molar-refractivity contribution < 1.29 is 19.7 Å². The zero-order valence-corrected chi connectivity index (χ0v) is 12.5. The van der Waals surface area contributed by atoms with E-state index in [1.165, 1.54) is 0 Å². The molecule has 0 aliphatic heterocycles. The molecule has 0 radical (unpaired) electrons. The predicted octanol–water partition coefficient (Wildman–Crippen LogP) is 3.20. The number of aliphatic carboxylic acids is 1. The number of phenolic OH excluding ortho intramolecular Hbond substituents is 1. The van der Waals surface area contributed by atoms with Gasteiger partial charge in [0.05, 0.1) is 12.5 Å². The summed E-state index contributed by atoms with van der Waals surface area (Å²) in [5, 5.41) is 20.1. The molecule has 110 valence electrons. The number of hydrogen-bond donors (Lipinski definition) is 2. The van der Waals surface area contributed by atoms with Crippen molar-refractivity contribution in [1.82, 2.24) is 0 Å². The number of phenols is 1. The van der Waals surface area contributed by atoms with E-state index in [1.54, 1.807) is 19.2 Å². The van der Waals surface area contributed by atoms with Gasteiger partial charge in [-0.05, 0) is 30.4 Å². The molecule has 0 saturated heterocycles. The molecule has 0 bridgehead atoms. The number of carbonyl (C=O) groups is 1. The third-order valence-corrected chi connectivity index (χ3v) is 4.26. The number of hydrogen-bond acceptors (Lipinski definition) is 3. The standard InChI is InChI=1S/C16H22O4/c1-15(2,3)11-8-10(20-4)9-12(13(11)17)16(14(18)19)6-5-7-16/h8-9,17H,5-7H2,1-4H3,(H,18,19). The van der Waals surface area contributed by atoms with E-state index in [9.17, 15) is 15.0 Å². The fourth-order valence-electron chi connectivity index (χ4n) is 2.79. The van der Waals surface area contributed by atoms with Gasteiger partial charge >= 0.3 is 5.97 Å². The van der Waals surface area contributed by atoms with Gasteiger partial charge in [-0.3, -0.25) is 4.79 Å². The Bertz CT molecular complexity index is 536. The van der Waals surface area contributed by atoms with Crippen LogP contribution in [0.25, 0.3) is 0 Å². The molecule has 0 heterocycles. The Hall–Kier alpha value is -1.71. The van der Waals surface area contributed by atoms with Crippen LogP contribution < -0.4 is 4.74 Å². The molecule has 1 saturated carbocycles. The van der Waals surface area contributed by atoms with Gasteiger partial charge in [-0.15, -0.1) is 0 Å². The van der Waals surface area contributed by atoms with Gasteiger partial charge in [0.1, 0.15) is 11.5 Å². The number of benzene rings is 1. The van der Waals surface area contributed by atoms with E-state index in [1.807, 2.05) is 20.8 Å². The van der Waals surface area contributed by atoms with Crippen molar-refractivity contribution in [3.63, 3.8) is 0 Å². The largest absolute Gasteiger partial charge is 0.507 e. The first-order valence-electron chi connectivity index (χ1n) is 6.88. The summed E-state index contributed by atoms with van der Waals surface area (Å²) in [5.41, 5.74) is -0.0324. The van der Waals surface area contributed by atoms with Crippen molar-refractivity contribution in [2.45, 2.75) is 50.9 Å². The normalized spacial score (nSPS) is 17.4. The first-order chi connectivity index (χ1) is 9.22. The molecule has 1 fully saturated rings. The van der Waals surface area contributed by atoms with Gasteiger partial charge in [-0.1, -0.05) is 27.2 Å². The zero-order chi connectivity index (χ0) is 15.1. The molecule has 4 heteroatoms. The minimum absolute atomic E-state index is 0.0976. The van der Waals surface area contributed by atoms with E-state index < -0.39 is 11.4 Å². The Balaban J connectivity index is 2.67. The molecule has 1 aromatic rings. The fraction of sp³-hybridized carbons (Fsp3) is 0.562. The molecule has 0 spiro atoms. The van der Waals surface area contributed by atoms with E-state index in [0.29, 0.717) is 24.2 Å². The lowest BCUT2D eigenvalue weighted by molar-refractivity contribution is -0.147. The monoisotopic (exact) mass is 278 g/mol. The molecule has 1 aliphatic rings. The van der Waals surface area contributed by atoms with Crippen molar-refractivity contribution >= 4 is 5.97 Å². The van der Waals surface area contributed by atoms with E-state index in [2.05, 4.69) is 0 Å². The molecule has 0 unspecified atom stereocenters. The molecule has 0 atom stereocenters. The first kappa shape index (κ1) is 14.7. The third kappa shape index (κ3) is 2.13. The van der Waals surface area contributed by atoms with E-state index in [0.717, 1.165) is 12.0 Å². The van der Waals surface area contributed by atoms with Crippen LogP contribution in [0.1, 0.15) is 51.2 Å². The second-order valence-corrected chi connectivity index (χ2v) is 6.56. The smallest absolute Gasteiger partial charge is 0.314 e. The van der Waals surface area contributed by atoms with Crippen molar-refractivity contribution in [2.24, 2.45) is 0 Å². The van der Waals surface area contributed by atoms with Gasteiger partial charge in [0.2, 0.25) is 0 Å². The predicted molar refractivity (Wildman–Crippen MR) is 76.5 cm³/mol. The van der Waals surface area contributed by atoms with Gasteiger partial charge in [-0.25, -0.2) is 0 Å². The summed E-state index contributed by atoms with van der Waals surface area (Å²) in [7, 11) is 1.55. The number of rotatable bonds is 3. The Morgan fingerprint density at radius 1 is 1.30 bits per heavy atom. The van der Waals surface area contributed by atoms with Crippen LogP contribution >= 0.6 is 0 Å². The lowest BCUT2D eigenvalue weighted by atomic mass is 9.63. The summed E-state index contributed by atoms with van der Waals surface area (Å²) < 4.78 is 5.29.